The van der Waals surface area contributed by atoms with Crippen molar-refractivity contribution in [3.63, 3.8) is 0 Å². The fourth-order valence-electron chi connectivity index (χ4n) is 2.81. The minimum atomic E-state index is 0.243. The van der Waals surface area contributed by atoms with E-state index in [-0.39, 0.29) is 5.41 Å². The lowest BCUT2D eigenvalue weighted by Gasteiger charge is -2.35. The Morgan fingerprint density at radius 1 is 1.24 bits per heavy atom. The van der Waals surface area contributed by atoms with Gasteiger partial charge in [0.05, 0.1) is 0 Å². The number of hydrogen-bond donors (Lipinski definition) is 1. The zero-order valence-corrected chi connectivity index (χ0v) is 14.9. The van der Waals surface area contributed by atoms with Crippen LogP contribution < -0.4 is 5.32 Å². The molecule has 0 bridgehead atoms. The van der Waals surface area contributed by atoms with Crippen LogP contribution in [0.15, 0.2) is 18.2 Å². The van der Waals surface area contributed by atoms with Crippen LogP contribution in [-0.2, 0) is 6.54 Å². The summed E-state index contributed by atoms with van der Waals surface area (Å²) in [7, 11) is 0. The van der Waals surface area contributed by atoms with E-state index in [0.29, 0.717) is 12.1 Å². The number of nitrogens with one attached hydrogen (secondary N) is 1. The van der Waals surface area contributed by atoms with Gasteiger partial charge in [0, 0.05) is 40.8 Å². The number of halogens is 2. The summed E-state index contributed by atoms with van der Waals surface area (Å²) in [5.41, 5.74) is 1.29. The molecule has 2 rings (SSSR count). The molecule has 21 heavy (non-hydrogen) atoms. The van der Waals surface area contributed by atoms with E-state index < -0.39 is 0 Å². The van der Waals surface area contributed by atoms with Crippen LogP contribution in [0.5, 0.6) is 0 Å². The van der Waals surface area contributed by atoms with Crippen LogP contribution in [0.1, 0.15) is 39.7 Å². The van der Waals surface area contributed by atoms with Crippen LogP contribution in [0.2, 0.25) is 10.0 Å². The Balaban J connectivity index is 2.19. The van der Waals surface area contributed by atoms with Crippen molar-refractivity contribution in [2.24, 2.45) is 5.41 Å². The average molecular weight is 329 g/mol. The summed E-state index contributed by atoms with van der Waals surface area (Å²) in [4.78, 5) is 2.50. The molecule has 0 aliphatic carbocycles. The van der Waals surface area contributed by atoms with Gasteiger partial charge in [0.15, 0.2) is 0 Å². The van der Waals surface area contributed by atoms with Gasteiger partial charge < -0.3 is 5.32 Å². The van der Waals surface area contributed by atoms with Gasteiger partial charge in [-0.3, -0.25) is 4.90 Å². The fraction of sp³-hybridized carbons (Fsp3) is 0.647. The van der Waals surface area contributed by atoms with Crippen molar-refractivity contribution in [3.8, 4) is 0 Å². The van der Waals surface area contributed by atoms with E-state index in [0.717, 1.165) is 41.7 Å². The highest BCUT2D eigenvalue weighted by Crippen LogP contribution is 2.29. The molecule has 0 spiro atoms. The monoisotopic (exact) mass is 328 g/mol. The lowest BCUT2D eigenvalue weighted by Crippen LogP contribution is -2.47. The summed E-state index contributed by atoms with van der Waals surface area (Å²) < 4.78 is 0. The summed E-state index contributed by atoms with van der Waals surface area (Å²) >= 11 is 12.7. The Hall–Kier alpha value is -0.280. The summed E-state index contributed by atoms with van der Waals surface area (Å²) in [6.45, 7) is 12.1. The van der Waals surface area contributed by atoms with Gasteiger partial charge in [-0.25, -0.2) is 0 Å². The molecule has 0 amide bonds. The SMILES string of the molecule is CC1CCNC(C(C)(C)C)CN1Cc1c(Cl)cccc1Cl. The van der Waals surface area contributed by atoms with Crippen molar-refractivity contribution in [2.75, 3.05) is 13.1 Å². The normalized spacial score (nSPS) is 24.9. The molecule has 0 saturated carbocycles. The largest absolute Gasteiger partial charge is 0.312 e. The van der Waals surface area contributed by atoms with Gasteiger partial charge in [0.25, 0.3) is 0 Å². The van der Waals surface area contributed by atoms with Crippen molar-refractivity contribution in [1.29, 1.82) is 0 Å². The molecule has 1 fully saturated rings. The maximum absolute atomic E-state index is 6.34. The topological polar surface area (TPSA) is 15.3 Å². The lowest BCUT2D eigenvalue weighted by atomic mass is 9.86. The van der Waals surface area contributed by atoms with Crippen LogP contribution in [0, 0.1) is 5.41 Å². The minimum absolute atomic E-state index is 0.243. The van der Waals surface area contributed by atoms with Gasteiger partial charge in [0.2, 0.25) is 0 Å². The Bertz CT molecular complexity index is 462. The molecule has 2 unspecified atom stereocenters. The Kier molecular flexibility index (Phi) is 5.59. The van der Waals surface area contributed by atoms with Crippen LogP contribution in [0.25, 0.3) is 0 Å². The molecule has 2 nitrogen and oxygen atoms in total. The van der Waals surface area contributed by atoms with E-state index in [1.165, 1.54) is 0 Å². The van der Waals surface area contributed by atoms with Crippen molar-refractivity contribution in [2.45, 2.75) is 52.7 Å². The second-order valence-electron chi connectivity index (χ2n) is 7.14. The van der Waals surface area contributed by atoms with Gasteiger partial charge in [0.1, 0.15) is 0 Å². The van der Waals surface area contributed by atoms with Crippen molar-refractivity contribution in [1.82, 2.24) is 10.2 Å². The zero-order chi connectivity index (χ0) is 15.6. The highest BCUT2D eigenvalue weighted by Gasteiger charge is 2.30. The van der Waals surface area contributed by atoms with Crippen molar-refractivity contribution in [3.05, 3.63) is 33.8 Å². The maximum Gasteiger partial charge on any atom is 0.0465 e. The summed E-state index contributed by atoms with van der Waals surface area (Å²) in [5, 5.41) is 5.22. The third-order valence-electron chi connectivity index (χ3n) is 4.46. The quantitative estimate of drug-likeness (QED) is 0.853. The Morgan fingerprint density at radius 2 is 1.86 bits per heavy atom. The van der Waals surface area contributed by atoms with Gasteiger partial charge in [-0.15, -0.1) is 0 Å². The van der Waals surface area contributed by atoms with Crippen LogP contribution in [0.3, 0.4) is 0 Å². The summed E-state index contributed by atoms with van der Waals surface area (Å²) in [6, 6.07) is 6.75. The van der Waals surface area contributed by atoms with E-state index in [2.05, 4.69) is 37.9 Å². The molecule has 1 aromatic rings. The third-order valence-corrected chi connectivity index (χ3v) is 5.17. The molecular weight excluding hydrogens is 303 g/mol. The summed E-state index contributed by atoms with van der Waals surface area (Å²) in [6.07, 6.45) is 1.15. The zero-order valence-electron chi connectivity index (χ0n) is 13.4. The highest BCUT2D eigenvalue weighted by molar-refractivity contribution is 6.35. The smallest absolute Gasteiger partial charge is 0.0465 e. The highest BCUT2D eigenvalue weighted by atomic mass is 35.5. The predicted octanol–water partition coefficient (Wildman–Crippen LogP) is 4.59. The molecular formula is C17H26Cl2N2. The molecule has 118 valence electrons. The lowest BCUT2D eigenvalue weighted by molar-refractivity contribution is 0.157. The van der Waals surface area contributed by atoms with E-state index >= 15 is 0 Å². The molecule has 1 heterocycles. The molecule has 1 aromatic carbocycles. The molecule has 1 aliphatic rings. The fourth-order valence-corrected chi connectivity index (χ4v) is 3.33. The molecule has 1 N–H and O–H groups in total. The first kappa shape index (κ1) is 17.1. The van der Waals surface area contributed by atoms with Crippen LogP contribution in [0.4, 0.5) is 0 Å². The molecule has 1 saturated heterocycles. The molecule has 0 aromatic heterocycles. The summed E-state index contributed by atoms with van der Waals surface area (Å²) in [5.74, 6) is 0. The maximum atomic E-state index is 6.34. The van der Waals surface area contributed by atoms with Gasteiger partial charge >= 0.3 is 0 Å². The second-order valence-corrected chi connectivity index (χ2v) is 7.95. The number of hydrogen-bond acceptors (Lipinski definition) is 2. The van der Waals surface area contributed by atoms with Gasteiger partial charge in [-0.1, -0.05) is 50.0 Å². The van der Waals surface area contributed by atoms with Crippen molar-refractivity contribution >= 4 is 23.2 Å². The minimum Gasteiger partial charge on any atom is -0.312 e. The van der Waals surface area contributed by atoms with Crippen LogP contribution >= 0.6 is 23.2 Å². The Labute approximate surface area is 138 Å². The van der Waals surface area contributed by atoms with Crippen LogP contribution in [-0.4, -0.2) is 30.1 Å². The average Bonchev–Trinajstić information content (AvgIpc) is 2.56. The molecule has 2 atom stereocenters. The number of benzene rings is 1. The number of nitrogens with zero attached hydrogens (tertiary/aromatic N) is 1. The van der Waals surface area contributed by atoms with E-state index in [1.807, 2.05) is 18.2 Å². The first-order valence-electron chi connectivity index (χ1n) is 7.69. The molecule has 4 heteroatoms. The van der Waals surface area contributed by atoms with Gasteiger partial charge in [-0.2, -0.15) is 0 Å². The molecule has 1 aliphatic heterocycles. The number of rotatable bonds is 2. The van der Waals surface area contributed by atoms with E-state index in [4.69, 9.17) is 23.2 Å². The molecule has 0 radical (unpaired) electrons. The van der Waals surface area contributed by atoms with Crippen molar-refractivity contribution < 1.29 is 0 Å². The standard InChI is InChI=1S/C17H26Cl2N2/c1-12-8-9-20-16(17(2,3)4)11-21(12)10-13-14(18)6-5-7-15(13)19/h5-7,12,16,20H,8-11H2,1-4H3. The predicted molar refractivity (Wildman–Crippen MR) is 92.2 cm³/mol. The first-order valence-corrected chi connectivity index (χ1v) is 8.45. The van der Waals surface area contributed by atoms with E-state index in [1.54, 1.807) is 0 Å². The first-order chi connectivity index (χ1) is 9.79. The van der Waals surface area contributed by atoms with Gasteiger partial charge in [-0.05, 0) is 37.4 Å². The third kappa shape index (κ3) is 4.35. The second kappa shape index (κ2) is 6.87. The Morgan fingerprint density at radius 3 is 2.43 bits per heavy atom. The van der Waals surface area contributed by atoms with E-state index in [9.17, 15) is 0 Å².